The van der Waals surface area contributed by atoms with E-state index in [2.05, 4.69) is 5.18 Å². The van der Waals surface area contributed by atoms with Crippen LogP contribution in [0.15, 0.2) is 5.18 Å². The Bertz CT molecular complexity index is 159. The molecule has 56 valence electrons. The van der Waals surface area contributed by atoms with Gasteiger partial charge in [0.05, 0.1) is 6.42 Å². The second-order valence-electron chi connectivity index (χ2n) is 1.77. The number of aliphatic carboxylic acids is 1. The van der Waals surface area contributed by atoms with E-state index in [-0.39, 0.29) is 6.29 Å². The first kappa shape index (κ1) is 8.70. The zero-order valence-corrected chi connectivity index (χ0v) is 4.98. The highest BCUT2D eigenvalue weighted by molar-refractivity contribution is 5.76. The first-order valence-electron chi connectivity index (χ1n) is 2.35. The molecule has 0 amide bonds. The molecule has 0 saturated heterocycles. The number of aldehydes is 1. The van der Waals surface area contributed by atoms with Crippen molar-refractivity contribution in [2.45, 2.75) is 12.1 Å². The minimum absolute atomic E-state index is 0.00806. The molecule has 0 heterocycles. The van der Waals surface area contributed by atoms with E-state index in [4.69, 9.17) is 10.8 Å². The van der Waals surface area contributed by atoms with Gasteiger partial charge in [0.1, 0.15) is 0 Å². The number of nitrogens with zero attached hydrogens (tertiary/aromatic N) is 1. The summed E-state index contributed by atoms with van der Waals surface area (Å²) >= 11 is 0. The van der Waals surface area contributed by atoms with Crippen LogP contribution in [0.2, 0.25) is 0 Å². The molecule has 10 heavy (non-hydrogen) atoms. The lowest BCUT2D eigenvalue weighted by molar-refractivity contribution is -0.139. The van der Waals surface area contributed by atoms with Crippen LogP contribution in [0.5, 0.6) is 0 Å². The van der Waals surface area contributed by atoms with Crippen LogP contribution in [0.3, 0.4) is 0 Å². The van der Waals surface area contributed by atoms with Gasteiger partial charge < -0.3 is 5.11 Å². The Kier molecular flexibility index (Phi) is 2.63. The monoisotopic (exact) mass is 146 g/mol. The number of carbonyl (C=O) groups is 2. The van der Waals surface area contributed by atoms with Crippen LogP contribution in [0.1, 0.15) is 6.42 Å². The molecular weight excluding hydrogens is 140 g/mol. The van der Waals surface area contributed by atoms with Crippen molar-refractivity contribution in [2.24, 2.45) is 10.9 Å². The van der Waals surface area contributed by atoms with Gasteiger partial charge in [-0.25, -0.2) is 0 Å². The number of nitrogens with two attached hydrogens (primary N) is 1. The zero-order chi connectivity index (χ0) is 8.20. The number of nitroso groups, excluding NO2 is 1. The van der Waals surface area contributed by atoms with Crippen molar-refractivity contribution >= 4 is 12.3 Å². The molecule has 0 fully saturated rings. The Morgan fingerprint density at radius 1 is 1.80 bits per heavy atom. The highest BCUT2D eigenvalue weighted by atomic mass is 16.4. The molecule has 3 N–H and O–H groups in total. The molecule has 0 aromatic carbocycles. The molecule has 0 aromatic rings. The van der Waals surface area contributed by atoms with Crippen LogP contribution >= 0.6 is 0 Å². The molecule has 0 saturated carbocycles. The van der Waals surface area contributed by atoms with Crippen LogP contribution in [-0.4, -0.2) is 23.0 Å². The number of carboxylic acids is 1. The third-order valence-corrected chi connectivity index (χ3v) is 0.808. The molecule has 6 nitrogen and oxygen atoms in total. The van der Waals surface area contributed by atoms with Crippen LogP contribution in [-0.2, 0) is 9.59 Å². The number of hydrogen-bond donors (Lipinski definition) is 2. The third-order valence-electron chi connectivity index (χ3n) is 0.808. The smallest absolute Gasteiger partial charge is 0.307 e. The lowest BCUT2D eigenvalue weighted by Gasteiger charge is -2.08. The lowest BCUT2D eigenvalue weighted by atomic mass is 10.1. The third kappa shape index (κ3) is 2.31. The molecular formula is C4H6N2O4. The maximum Gasteiger partial charge on any atom is 0.307 e. The molecule has 0 aliphatic heterocycles. The Balaban J connectivity index is 4.19. The van der Waals surface area contributed by atoms with Gasteiger partial charge in [-0.3, -0.25) is 15.3 Å². The average Bonchev–Trinajstić information content (AvgIpc) is 1.87. The SMILES string of the molecule is N[C@](C=O)(CC(=O)O)N=O. The molecule has 0 rings (SSSR count). The van der Waals surface area contributed by atoms with Gasteiger partial charge in [-0.15, -0.1) is 4.91 Å². The van der Waals surface area contributed by atoms with Gasteiger partial charge in [0.25, 0.3) is 0 Å². The van der Waals surface area contributed by atoms with Gasteiger partial charge in [0, 0.05) is 0 Å². The molecule has 0 aromatic heterocycles. The first-order valence-corrected chi connectivity index (χ1v) is 2.35. The van der Waals surface area contributed by atoms with Gasteiger partial charge in [0.2, 0.25) is 5.66 Å². The largest absolute Gasteiger partial charge is 0.481 e. The Hall–Kier alpha value is -1.30. The molecule has 0 spiro atoms. The van der Waals surface area contributed by atoms with Crippen molar-refractivity contribution in [1.29, 1.82) is 0 Å². The van der Waals surface area contributed by atoms with Gasteiger partial charge >= 0.3 is 5.97 Å². The van der Waals surface area contributed by atoms with E-state index in [1.807, 2.05) is 0 Å². The molecule has 0 aliphatic carbocycles. The summed E-state index contributed by atoms with van der Waals surface area (Å²) in [5, 5.41) is 10.2. The Morgan fingerprint density at radius 3 is 2.40 bits per heavy atom. The van der Waals surface area contributed by atoms with E-state index in [1.54, 1.807) is 0 Å². The summed E-state index contributed by atoms with van der Waals surface area (Å²) in [5.74, 6) is -1.34. The van der Waals surface area contributed by atoms with E-state index >= 15 is 0 Å². The fourth-order valence-corrected chi connectivity index (χ4v) is 0.338. The molecule has 0 unspecified atom stereocenters. The average molecular weight is 146 g/mol. The van der Waals surface area contributed by atoms with E-state index < -0.39 is 18.1 Å². The van der Waals surface area contributed by atoms with Crippen LogP contribution in [0.25, 0.3) is 0 Å². The van der Waals surface area contributed by atoms with E-state index in [1.165, 1.54) is 0 Å². The quantitative estimate of drug-likeness (QED) is 0.393. The number of carbonyl (C=O) groups excluding carboxylic acids is 1. The summed E-state index contributed by atoms with van der Waals surface area (Å²) in [4.78, 5) is 29.5. The van der Waals surface area contributed by atoms with Crippen LogP contribution < -0.4 is 5.73 Å². The fourth-order valence-electron chi connectivity index (χ4n) is 0.338. The molecule has 0 aliphatic rings. The van der Waals surface area contributed by atoms with Crippen molar-refractivity contribution in [1.82, 2.24) is 0 Å². The summed E-state index contributed by atoms with van der Waals surface area (Å²) in [6, 6.07) is 0. The predicted molar refractivity (Wildman–Crippen MR) is 31.0 cm³/mol. The van der Waals surface area contributed by atoms with Gasteiger partial charge in [-0.05, 0) is 5.18 Å². The summed E-state index contributed by atoms with van der Waals surface area (Å²) in [7, 11) is 0. The normalized spacial score (nSPS) is 15.3. The van der Waals surface area contributed by atoms with E-state index in [0.717, 1.165) is 0 Å². The van der Waals surface area contributed by atoms with Gasteiger partial charge in [-0.1, -0.05) is 0 Å². The van der Waals surface area contributed by atoms with Crippen molar-refractivity contribution in [3.63, 3.8) is 0 Å². The van der Waals surface area contributed by atoms with Crippen LogP contribution in [0, 0.1) is 4.91 Å². The van der Waals surface area contributed by atoms with Crippen molar-refractivity contribution in [3.8, 4) is 0 Å². The predicted octanol–water partition coefficient (Wildman–Crippen LogP) is -0.919. The Morgan fingerprint density at radius 2 is 2.30 bits per heavy atom. The maximum absolute atomic E-state index is 9.91. The summed E-state index contributed by atoms with van der Waals surface area (Å²) in [6.07, 6.45) is -0.770. The van der Waals surface area contributed by atoms with E-state index in [9.17, 15) is 14.5 Å². The highest BCUT2D eigenvalue weighted by Gasteiger charge is 2.28. The second-order valence-corrected chi connectivity index (χ2v) is 1.77. The molecule has 1 atom stereocenters. The maximum atomic E-state index is 9.91. The lowest BCUT2D eigenvalue weighted by Crippen LogP contribution is -2.41. The first-order chi connectivity index (χ1) is 4.54. The molecule has 0 radical (unpaired) electrons. The van der Waals surface area contributed by atoms with Gasteiger partial charge in [-0.2, -0.15) is 0 Å². The summed E-state index contributed by atoms with van der Waals surface area (Å²) < 4.78 is 0. The highest BCUT2D eigenvalue weighted by Crippen LogP contribution is 2.03. The summed E-state index contributed by atoms with van der Waals surface area (Å²) in [5.41, 5.74) is 2.76. The number of hydrogen-bond acceptors (Lipinski definition) is 5. The van der Waals surface area contributed by atoms with Crippen molar-refractivity contribution < 1.29 is 14.7 Å². The van der Waals surface area contributed by atoms with Crippen molar-refractivity contribution in [3.05, 3.63) is 4.91 Å². The van der Waals surface area contributed by atoms with Crippen LogP contribution in [0.4, 0.5) is 0 Å². The standard InChI is InChI=1S/C4H6N2O4/c5-4(2-7,6-10)1-3(8)9/h2H,1,5H2,(H,8,9)/t4-/m1/s1. The zero-order valence-electron chi connectivity index (χ0n) is 4.98. The second kappa shape index (κ2) is 3.02. The van der Waals surface area contributed by atoms with Gasteiger partial charge in [0.15, 0.2) is 6.29 Å². The topological polar surface area (TPSA) is 110 Å². The minimum Gasteiger partial charge on any atom is -0.481 e. The Labute approximate surface area is 56.0 Å². The van der Waals surface area contributed by atoms with Crippen molar-refractivity contribution in [2.75, 3.05) is 0 Å². The molecule has 0 bridgehead atoms. The van der Waals surface area contributed by atoms with E-state index in [0.29, 0.717) is 0 Å². The number of rotatable bonds is 4. The number of carboxylic acid groups (broad SMARTS) is 1. The summed E-state index contributed by atoms with van der Waals surface area (Å²) in [6.45, 7) is 0. The fraction of sp³-hybridized carbons (Fsp3) is 0.500. The minimum atomic E-state index is -2.11. The molecule has 6 heteroatoms.